The average molecular weight is 246 g/mol. The molecule has 84 valence electrons. The van der Waals surface area contributed by atoms with Gasteiger partial charge in [-0.2, -0.15) is 0 Å². The number of anilines is 1. The van der Waals surface area contributed by atoms with Gasteiger partial charge in [-0.1, -0.05) is 18.5 Å². The number of hydrogen-bond donors (Lipinski definition) is 0. The fourth-order valence-electron chi connectivity index (χ4n) is 1.69. The van der Waals surface area contributed by atoms with Crippen molar-refractivity contribution in [1.82, 2.24) is 0 Å². The van der Waals surface area contributed by atoms with Crippen molar-refractivity contribution < 1.29 is 0 Å². The summed E-state index contributed by atoms with van der Waals surface area (Å²) in [4.78, 5) is 2.33. The van der Waals surface area contributed by atoms with Crippen LogP contribution in [0.3, 0.4) is 0 Å². The van der Waals surface area contributed by atoms with Gasteiger partial charge < -0.3 is 4.90 Å². The second-order valence-corrected chi connectivity index (χ2v) is 4.19. The van der Waals surface area contributed by atoms with Gasteiger partial charge in [-0.25, -0.2) is 0 Å². The molecule has 0 aliphatic rings. The molecule has 0 atom stereocenters. The van der Waals surface area contributed by atoms with Crippen LogP contribution in [0.15, 0.2) is 18.2 Å². The van der Waals surface area contributed by atoms with Crippen LogP contribution >= 0.6 is 23.2 Å². The zero-order valence-electron chi connectivity index (χ0n) is 9.26. The number of rotatable bonds is 5. The van der Waals surface area contributed by atoms with E-state index in [-0.39, 0.29) is 0 Å². The van der Waals surface area contributed by atoms with Crippen molar-refractivity contribution in [3.63, 3.8) is 0 Å². The SMILES string of the molecule is CCCN(CC)c1ccc(Cl)cc1CCl. The molecule has 0 aromatic heterocycles. The van der Waals surface area contributed by atoms with E-state index in [1.54, 1.807) is 0 Å². The molecule has 0 fully saturated rings. The second kappa shape index (κ2) is 6.24. The molecule has 0 spiro atoms. The van der Waals surface area contributed by atoms with E-state index in [0.717, 1.165) is 30.1 Å². The van der Waals surface area contributed by atoms with Gasteiger partial charge in [0.25, 0.3) is 0 Å². The molecule has 1 rings (SSSR count). The summed E-state index contributed by atoms with van der Waals surface area (Å²) in [5.74, 6) is 0.510. The molecule has 0 unspecified atom stereocenters. The molecule has 0 bridgehead atoms. The smallest absolute Gasteiger partial charge is 0.0495 e. The normalized spacial score (nSPS) is 10.4. The Kier molecular flexibility index (Phi) is 5.27. The van der Waals surface area contributed by atoms with Crippen molar-refractivity contribution in [2.45, 2.75) is 26.1 Å². The van der Waals surface area contributed by atoms with E-state index in [1.807, 2.05) is 12.1 Å². The van der Waals surface area contributed by atoms with E-state index < -0.39 is 0 Å². The molecule has 0 radical (unpaired) electrons. The van der Waals surface area contributed by atoms with E-state index in [9.17, 15) is 0 Å². The van der Waals surface area contributed by atoms with Crippen LogP contribution < -0.4 is 4.90 Å². The molecule has 0 saturated heterocycles. The first kappa shape index (κ1) is 12.7. The Balaban J connectivity index is 2.99. The molecular weight excluding hydrogens is 229 g/mol. The molecule has 1 aromatic carbocycles. The zero-order chi connectivity index (χ0) is 11.3. The molecule has 3 heteroatoms. The minimum Gasteiger partial charge on any atom is -0.372 e. The number of nitrogens with zero attached hydrogens (tertiary/aromatic N) is 1. The zero-order valence-corrected chi connectivity index (χ0v) is 10.8. The lowest BCUT2D eigenvalue weighted by Crippen LogP contribution is -2.24. The van der Waals surface area contributed by atoms with Crippen LogP contribution in [0.4, 0.5) is 5.69 Å². The quantitative estimate of drug-likeness (QED) is 0.699. The number of benzene rings is 1. The third-order valence-corrected chi connectivity index (χ3v) is 2.92. The van der Waals surface area contributed by atoms with Crippen molar-refractivity contribution in [1.29, 1.82) is 0 Å². The fraction of sp³-hybridized carbons (Fsp3) is 0.500. The van der Waals surface area contributed by atoms with Gasteiger partial charge in [0.1, 0.15) is 0 Å². The number of hydrogen-bond acceptors (Lipinski definition) is 1. The average Bonchev–Trinajstić information content (AvgIpc) is 2.26. The van der Waals surface area contributed by atoms with Crippen LogP contribution in [0, 0.1) is 0 Å². The standard InChI is InChI=1S/C12H17Cl2N/c1-3-7-15(4-2)12-6-5-11(14)8-10(12)9-13/h5-6,8H,3-4,7,9H2,1-2H3. The lowest BCUT2D eigenvalue weighted by Gasteiger charge is -2.24. The monoisotopic (exact) mass is 245 g/mol. The molecule has 0 saturated carbocycles. The highest BCUT2D eigenvalue weighted by molar-refractivity contribution is 6.30. The molecule has 0 heterocycles. The summed E-state index contributed by atoms with van der Waals surface area (Å²) >= 11 is 11.9. The van der Waals surface area contributed by atoms with Crippen molar-refractivity contribution in [2.75, 3.05) is 18.0 Å². The molecule has 0 aliphatic carbocycles. The highest BCUT2D eigenvalue weighted by Crippen LogP contribution is 2.25. The van der Waals surface area contributed by atoms with Crippen molar-refractivity contribution in [3.8, 4) is 0 Å². The van der Waals surface area contributed by atoms with Crippen LogP contribution in [0.2, 0.25) is 5.02 Å². The second-order valence-electron chi connectivity index (χ2n) is 3.49. The van der Waals surface area contributed by atoms with Crippen LogP contribution in [0.5, 0.6) is 0 Å². The topological polar surface area (TPSA) is 3.24 Å². The van der Waals surface area contributed by atoms with Crippen LogP contribution in [-0.2, 0) is 5.88 Å². The van der Waals surface area contributed by atoms with E-state index in [0.29, 0.717) is 5.88 Å². The first-order valence-corrected chi connectivity index (χ1v) is 6.23. The summed E-state index contributed by atoms with van der Waals surface area (Å²) in [5, 5.41) is 0.752. The predicted molar refractivity (Wildman–Crippen MR) is 69.2 cm³/mol. The highest BCUT2D eigenvalue weighted by atomic mass is 35.5. The Labute approximate surface area is 102 Å². The number of halogens is 2. The first-order chi connectivity index (χ1) is 7.22. The van der Waals surface area contributed by atoms with Crippen molar-refractivity contribution in [3.05, 3.63) is 28.8 Å². The summed E-state index contributed by atoms with van der Waals surface area (Å²) in [6.07, 6.45) is 1.14. The Hall–Kier alpha value is -0.400. The van der Waals surface area contributed by atoms with Gasteiger partial charge in [-0.3, -0.25) is 0 Å². The summed E-state index contributed by atoms with van der Waals surface area (Å²) < 4.78 is 0. The van der Waals surface area contributed by atoms with Gasteiger partial charge in [0.05, 0.1) is 0 Å². The maximum absolute atomic E-state index is 5.94. The van der Waals surface area contributed by atoms with Crippen molar-refractivity contribution in [2.24, 2.45) is 0 Å². The Morgan fingerprint density at radius 1 is 1.27 bits per heavy atom. The molecule has 1 nitrogen and oxygen atoms in total. The van der Waals surface area contributed by atoms with E-state index in [2.05, 4.69) is 24.8 Å². The first-order valence-electron chi connectivity index (χ1n) is 5.32. The largest absolute Gasteiger partial charge is 0.372 e. The molecule has 15 heavy (non-hydrogen) atoms. The third-order valence-electron chi connectivity index (χ3n) is 2.40. The summed E-state index contributed by atoms with van der Waals surface area (Å²) in [7, 11) is 0. The van der Waals surface area contributed by atoms with Crippen LogP contribution in [0.25, 0.3) is 0 Å². The Morgan fingerprint density at radius 2 is 2.00 bits per heavy atom. The highest BCUT2D eigenvalue weighted by Gasteiger charge is 2.08. The summed E-state index contributed by atoms with van der Waals surface area (Å²) in [6, 6.07) is 5.92. The van der Waals surface area contributed by atoms with Gasteiger partial charge in [0.2, 0.25) is 0 Å². The number of alkyl halides is 1. The maximum atomic E-state index is 5.94. The fourth-order valence-corrected chi connectivity index (χ4v) is 2.10. The Bertz CT molecular complexity index is 312. The predicted octanol–water partition coefficient (Wildman–Crippen LogP) is 4.32. The third kappa shape index (κ3) is 3.29. The molecule has 0 aliphatic heterocycles. The van der Waals surface area contributed by atoms with Crippen molar-refractivity contribution >= 4 is 28.9 Å². The maximum Gasteiger partial charge on any atom is 0.0495 e. The van der Waals surface area contributed by atoms with Crippen LogP contribution in [0.1, 0.15) is 25.8 Å². The molecule has 0 amide bonds. The van der Waals surface area contributed by atoms with E-state index >= 15 is 0 Å². The van der Waals surface area contributed by atoms with Gasteiger partial charge in [0, 0.05) is 29.7 Å². The van der Waals surface area contributed by atoms with Gasteiger partial charge in [-0.15, -0.1) is 11.6 Å². The lowest BCUT2D eigenvalue weighted by molar-refractivity contribution is 0.788. The summed E-state index contributed by atoms with van der Waals surface area (Å²) in [5.41, 5.74) is 2.32. The molecule has 0 N–H and O–H groups in total. The van der Waals surface area contributed by atoms with Gasteiger partial charge in [0.15, 0.2) is 0 Å². The lowest BCUT2D eigenvalue weighted by atomic mass is 10.1. The summed E-state index contributed by atoms with van der Waals surface area (Å²) in [6.45, 7) is 6.39. The minimum atomic E-state index is 0.510. The van der Waals surface area contributed by atoms with E-state index in [4.69, 9.17) is 23.2 Å². The Morgan fingerprint density at radius 3 is 2.53 bits per heavy atom. The van der Waals surface area contributed by atoms with Gasteiger partial charge >= 0.3 is 0 Å². The molecular formula is C12H17Cl2N. The molecule has 1 aromatic rings. The van der Waals surface area contributed by atoms with E-state index in [1.165, 1.54) is 5.69 Å². The minimum absolute atomic E-state index is 0.510. The van der Waals surface area contributed by atoms with Crippen LogP contribution in [-0.4, -0.2) is 13.1 Å². The van der Waals surface area contributed by atoms with Gasteiger partial charge in [-0.05, 0) is 37.1 Å².